The van der Waals surface area contributed by atoms with E-state index < -0.39 is 0 Å². The van der Waals surface area contributed by atoms with E-state index >= 15 is 0 Å². The maximum absolute atomic E-state index is 3.77. The van der Waals surface area contributed by atoms with E-state index in [2.05, 4.69) is 40.1 Å². The maximum atomic E-state index is 3.77. The molecule has 0 aliphatic heterocycles. The SMILES string of the molecule is CNC(CCCC(C)C)C12CC3CC(C)(CC(C)(C3)C1)C2. The van der Waals surface area contributed by atoms with E-state index in [-0.39, 0.29) is 0 Å². The second-order valence-electron chi connectivity index (χ2n) is 10.2. The first-order valence-corrected chi connectivity index (χ1v) is 9.46. The summed E-state index contributed by atoms with van der Waals surface area (Å²) >= 11 is 0. The van der Waals surface area contributed by atoms with Gasteiger partial charge in [0, 0.05) is 6.04 Å². The van der Waals surface area contributed by atoms with Crippen molar-refractivity contribution < 1.29 is 0 Å². The fraction of sp³-hybridized carbons (Fsp3) is 1.00. The Kier molecular flexibility index (Phi) is 3.96. The van der Waals surface area contributed by atoms with E-state index in [1.54, 1.807) is 0 Å². The Labute approximate surface area is 132 Å². The van der Waals surface area contributed by atoms with Gasteiger partial charge < -0.3 is 5.32 Å². The van der Waals surface area contributed by atoms with Crippen LogP contribution in [0.5, 0.6) is 0 Å². The van der Waals surface area contributed by atoms with Crippen molar-refractivity contribution in [1.82, 2.24) is 5.32 Å². The second-order valence-corrected chi connectivity index (χ2v) is 10.2. The first kappa shape index (κ1) is 15.8. The lowest BCUT2D eigenvalue weighted by atomic mass is 9.39. The predicted octanol–water partition coefficient (Wildman–Crippen LogP) is 5.40. The van der Waals surface area contributed by atoms with Crippen LogP contribution in [0, 0.1) is 28.1 Å². The highest BCUT2D eigenvalue weighted by Crippen LogP contribution is 2.70. The third-order valence-electron chi connectivity index (χ3n) is 7.03. The zero-order chi connectivity index (χ0) is 15.3. The van der Waals surface area contributed by atoms with Gasteiger partial charge in [-0.05, 0) is 80.1 Å². The molecule has 4 saturated carbocycles. The Morgan fingerprint density at radius 3 is 2.05 bits per heavy atom. The van der Waals surface area contributed by atoms with Gasteiger partial charge in [0.25, 0.3) is 0 Å². The fourth-order valence-corrected chi connectivity index (χ4v) is 7.41. The Morgan fingerprint density at radius 1 is 0.952 bits per heavy atom. The molecule has 4 bridgehead atoms. The van der Waals surface area contributed by atoms with Crippen LogP contribution in [-0.2, 0) is 0 Å². The molecule has 3 atom stereocenters. The summed E-state index contributed by atoms with van der Waals surface area (Å²) in [5.74, 6) is 1.88. The highest BCUT2D eigenvalue weighted by atomic mass is 14.9. The van der Waals surface area contributed by atoms with Crippen LogP contribution in [0.3, 0.4) is 0 Å². The van der Waals surface area contributed by atoms with Crippen molar-refractivity contribution in [3.63, 3.8) is 0 Å². The molecule has 122 valence electrons. The smallest absolute Gasteiger partial charge is 0.0121 e. The van der Waals surface area contributed by atoms with E-state index in [0.29, 0.717) is 16.2 Å². The van der Waals surface area contributed by atoms with E-state index in [0.717, 1.165) is 17.9 Å². The predicted molar refractivity (Wildman–Crippen MR) is 91.4 cm³/mol. The van der Waals surface area contributed by atoms with Gasteiger partial charge in [0.05, 0.1) is 0 Å². The lowest BCUT2D eigenvalue weighted by Gasteiger charge is -2.67. The molecule has 0 aromatic carbocycles. The molecule has 4 rings (SSSR count). The molecule has 0 aromatic rings. The monoisotopic (exact) mass is 291 g/mol. The summed E-state index contributed by atoms with van der Waals surface area (Å²) in [7, 11) is 2.23. The quantitative estimate of drug-likeness (QED) is 0.691. The number of hydrogen-bond acceptors (Lipinski definition) is 1. The van der Waals surface area contributed by atoms with Crippen molar-refractivity contribution in [3.05, 3.63) is 0 Å². The molecular weight excluding hydrogens is 254 g/mol. The average molecular weight is 292 g/mol. The van der Waals surface area contributed by atoms with E-state index in [4.69, 9.17) is 0 Å². The summed E-state index contributed by atoms with van der Waals surface area (Å²) in [5.41, 5.74) is 1.93. The normalized spacial score (nSPS) is 46.3. The van der Waals surface area contributed by atoms with Gasteiger partial charge in [-0.25, -0.2) is 0 Å². The summed E-state index contributed by atoms with van der Waals surface area (Å²) < 4.78 is 0. The van der Waals surface area contributed by atoms with Gasteiger partial charge >= 0.3 is 0 Å². The van der Waals surface area contributed by atoms with Crippen molar-refractivity contribution >= 4 is 0 Å². The molecule has 0 spiro atoms. The maximum Gasteiger partial charge on any atom is 0.0121 e. The van der Waals surface area contributed by atoms with Gasteiger partial charge in [0.15, 0.2) is 0 Å². The minimum absolute atomic E-state index is 0.620. The minimum Gasteiger partial charge on any atom is -0.316 e. The first-order valence-electron chi connectivity index (χ1n) is 9.46. The minimum atomic E-state index is 0.620. The zero-order valence-corrected chi connectivity index (χ0v) is 15.1. The van der Waals surface area contributed by atoms with Gasteiger partial charge in [-0.3, -0.25) is 0 Å². The van der Waals surface area contributed by atoms with Crippen LogP contribution in [0.15, 0.2) is 0 Å². The topological polar surface area (TPSA) is 12.0 Å². The molecule has 4 fully saturated rings. The third kappa shape index (κ3) is 2.92. The molecule has 0 amide bonds. The molecule has 21 heavy (non-hydrogen) atoms. The highest BCUT2D eigenvalue weighted by Gasteiger charge is 2.61. The molecular formula is C20H37N. The highest BCUT2D eigenvalue weighted by molar-refractivity contribution is 5.13. The van der Waals surface area contributed by atoms with Gasteiger partial charge in [0.1, 0.15) is 0 Å². The third-order valence-corrected chi connectivity index (χ3v) is 7.03. The van der Waals surface area contributed by atoms with Gasteiger partial charge in [0.2, 0.25) is 0 Å². The van der Waals surface area contributed by atoms with E-state index in [1.165, 1.54) is 57.8 Å². The fourth-order valence-electron chi connectivity index (χ4n) is 7.41. The van der Waals surface area contributed by atoms with Crippen LogP contribution in [0.2, 0.25) is 0 Å². The molecule has 1 N–H and O–H groups in total. The van der Waals surface area contributed by atoms with E-state index in [1.807, 2.05) is 0 Å². The van der Waals surface area contributed by atoms with Gasteiger partial charge in [-0.2, -0.15) is 0 Å². The van der Waals surface area contributed by atoms with Crippen LogP contribution >= 0.6 is 0 Å². The lowest BCUT2D eigenvalue weighted by Crippen LogP contribution is -2.61. The van der Waals surface area contributed by atoms with E-state index in [9.17, 15) is 0 Å². The summed E-state index contributed by atoms with van der Waals surface area (Å²) in [4.78, 5) is 0. The Bertz CT molecular complexity index is 367. The first-order chi connectivity index (χ1) is 9.78. The molecule has 0 heterocycles. The standard InChI is InChI=1S/C20H37N/c1-15(2)7-6-8-17(21-5)20-11-16-9-18(3,13-20)12-19(4,10-16)14-20/h15-17,21H,6-14H2,1-5H3. The van der Waals surface area contributed by atoms with Crippen LogP contribution in [0.25, 0.3) is 0 Å². The van der Waals surface area contributed by atoms with Crippen LogP contribution < -0.4 is 5.32 Å². The Balaban J connectivity index is 1.76. The van der Waals surface area contributed by atoms with Crippen molar-refractivity contribution in [2.24, 2.45) is 28.1 Å². The van der Waals surface area contributed by atoms with Crippen LogP contribution in [0.4, 0.5) is 0 Å². The molecule has 1 nitrogen and oxygen atoms in total. The number of nitrogens with one attached hydrogen (secondary N) is 1. The zero-order valence-electron chi connectivity index (χ0n) is 15.1. The van der Waals surface area contributed by atoms with Crippen molar-refractivity contribution in [3.8, 4) is 0 Å². The van der Waals surface area contributed by atoms with Crippen LogP contribution in [0.1, 0.15) is 85.5 Å². The van der Waals surface area contributed by atoms with Gasteiger partial charge in [-0.1, -0.05) is 40.5 Å². The largest absolute Gasteiger partial charge is 0.316 e. The molecule has 0 saturated heterocycles. The molecule has 4 aliphatic carbocycles. The van der Waals surface area contributed by atoms with Crippen LogP contribution in [-0.4, -0.2) is 13.1 Å². The summed E-state index contributed by atoms with van der Waals surface area (Å²) in [5, 5.41) is 3.77. The molecule has 0 radical (unpaired) electrons. The number of rotatable bonds is 6. The Morgan fingerprint density at radius 2 is 1.57 bits per heavy atom. The average Bonchev–Trinajstić information content (AvgIpc) is 2.29. The molecule has 1 heteroatoms. The lowest BCUT2D eigenvalue weighted by molar-refractivity contribution is -0.158. The molecule has 0 aromatic heterocycles. The summed E-state index contributed by atoms with van der Waals surface area (Å²) in [6.07, 6.45) is 13.3. The Hall–Kier alpha value is -0.0400. The van der Waals surface area contributed by atoms with Crippen molar-refractivity contribution in [2.75, 3.05) is 7.05 Å². The summed E-state index contributed by atoms with van der Waals surface area (Å²) in [6.45, 7) is 9.93. The van der Waals surface area contributed by atoms with Crippen molar-refractivity contribution in [1.29, 1.82) is 0 Å². The van der Waals surface area contributed by atoms with Crippen molar-refractivity contribution in [2.45, 2.75) is 91.5 Å². The summed E-state index contributed by atoms with van der Waals surface area (Å²) in [6, 6.07) is 0.762. The van der Waals surface area contributed by atoms with Gasteiger partial charge in [-0.15, -0.1) is 0 Å². The molecule has 4 aliphatic rings. The number of hydrogen-bond donors (Lipinski definition) is 1. The second kappa shape index (κ2) is 5.25. The molecule has 3 unspecified atom stereocenters.